The quantitative estimate of drug-likeness (QED) is 0.853. The number of hydrogen-bond donors (Lipinski definition) is 1. The van der Waals surface area contributed by atoms with E-state index in [1.54, 1.807) is 0 Å². The molecule has 0 spiro atoms. The van der Waals surface area contributed by atoms with Gasteiger partial charge in [0.2, 0.25) is 0 Å². The minimum Gasteiger partial charge on any atom is -0.330 e. The minimum atomic E-state index is 0. The van der Waals surface area contributed by atoms with Crippen molar-refractivity contribution in [3.05, 3.63) is 35.9 Å². The maximum Gasteiger partial charge on any atom is 0.0233 e. The molecule has 0 amide bonds. The summed E-state index contributed by atoms with van der Waals surface area (Å²) in [6, 6.07) is 10.7. The van der Waals surface area contributed by atoms with Gasteiger partial charge in [-0.05, 0) is 31.0 Å². The first kappa shape index (κ1) is 12.5. The lowest BCUT2D eigenvalue weighted by atomic mass is 10.1. The van der Waals surface area contributed by atoms with Crippen LogP contribution in [0, 0.1) is 5.92 Å². The lowest BCUT2D eigenvalue weighted by Gasteiger charge is -2.15. The maximum atomic E-state index is 5.66. The van der Waals surface area contributed by atoms with Gasteiger partial charge in [0.25, 0.3) is 0 Å². The Kier molecular flexibility index (Phi) is 5.09. The second-order valence-electron chi connectivity index (χ2n) is 4.11. The van der Waals surface area contributed by atoms with E-state index in [0.717, 1.165) is 19.0 Å². The van der Waals surface area contributed by atoms with Gasteiger partial charge in [-0.2, -0.15) is 0 Å². The number of rotatable bonds is 3. The summed E-state index contributed by atoms with van der Waals surface area (Å²) in [7, 11) is 0. The molecule has 2 N–H and O–H groups in total. The first-order valence-corrected chi connectivity index (χ1v) is 5.35. The van der Waals surface area contributed by atoms with Crippen LogP contribution in [0.4, 0.5) is 0 Å². The molecule has 1 aliphatic heterocycles. The van der Waals surface area contributed by atoms with Gasteiger partial charge < -0.3 is 5.73 Å². The Morgan fingerprint density at radius 1 is 1.27 bits per heavy atom. The summed E-state index contributed by atoms with van der Waals surface area (Å²) in [5.74, 6) is 0.721. The van der Waals surface area contributed by atoms with E-state index in [9.17, 15) is 0 Å². The van der Waals surface area contributed by atoms with Crippen LogP contribution in [0.2, 0.25) is 0 Å². The van der Waals surface area contributed by atoms with Crippen LogP contribution in [0.15, 0.2) is 30.3 Å². The van der Waals surface area contributed by atoms with Crippen LogP contribution in [0.3, 0.4) is 0 Å². The van der Waals surface area contributed by atoms with Crippen LogP contribution in [0.5, 0.6) is 0 Å². The van der Waals surface area contributed by atoms with Crippen molar-refractivity contribution in [1.82, 2.24) is 4.90 Å². The SMILES string of the molecule is Cl.NCC1CCN(Cc2ccccc2)C1. The molecule has 1 aromatic carbocycles. The molecule has 84 valence electrons. The van der Waals surface area contributed by atoms with Gasteiger partial charge in [0.05, 0.1) is 0 Å². The molecular weight excluding hydrogens is 208 g/mol. The Balaban J connectivity index is 0.00000112. The summed E-state index contributed by atoms with van der Waals surface area (Å²) >= 11 is 0. The third kappa shape index (κ3) is 3.49. The lowest BCUT2D eigenvalue weighted by molar-refractivity contribution is 0.318. The van der Waals surface area contributed by atoms with E-state index in [0.29, 0.717) is 0 Å². The van der Waals surface area contributed by atoms with E-state index in [2.05, 4.69) is 35.2 Å². The highest BCUT2D eigenvalue weighted by atomic mass is 35.5. The van der Waals surface area contributed by atoms with Crippen LogP contribution < -0.4 is 5.73 Å². The molecule has 2 nitrogen and oxygen atoms in total. The fraction of sp³-hybridized carbons (Fsp3) is 0.500. The van der Waals surface area contributed by atoms with Crippen LogP contribution in [0.1, 0.15) is 12.0 Å². The van der Waals surface area contributed by atoms with Crippen LogP contribution in [0.25, 0.3) is 0 Å². The Labute approximate surface area is 97.9 Å². The number of hydrogen-bond acceptors (Lipinski definition) is 2. The monoisotopic (exact) mass is 226 g/mol. The van der Waals surface area contributed by atoms with Crippen molar-refractivity contribution in [2.45, 2.75) is 13.0 Å². The van der Waals surface area contributed by atoms with Gasteiger partial charge >= 0.3 is 0 Å². The van der Waals surface area contributed by atoms with Crippen molar-refractivity contribution in [3.8, 4) is 0 Å². The molecule has 3 heteroatoms. The molecular formula is C12H19ClN2. The summed E-state index contributed by atoms with van der Waals surface area (Å²) in [5.41, 5.74) is 7.07. The van der Waals surface area contributed by atoms with E-state index < -0.39 is 0 Å². The molecule has 15 heavy (non-hydrogen) atoms. The summed E-state index contributed by atoms with van der Waals surface area (Å²) in [5, 5.41) is 0. The maximum absolute atomic E-state index is 5.66. The smallest absolute Gasteiger partial charge is 0.0233 e. The third-order valence-electron chi connectivity index (χ3n) is 2.95. The number of nitrogens with two attached hydrogens (primary N) is 1. The van der Waals surface area contributed by atoms with E-state index in [1.807, 2.05) is 0 Å². The number of nitrogens with zero attached hydrogens (tertiary/aromatic N) is 1. The van der Waals surface area contributed by atoms with Gasteiger partial charge in [-0.1, -0.05) is 30.3 Å². The average Bonchev–Trinajstić information content (AvgIpc) is 2.67. The van der Waals surface area contributed by atoms with E-state index in [1.165, 1.54) is 25.1 Å². The molecule has 1 unspecified atom stereocenters. The summed E-state index contributed by atoms with van der Waals surface area (Å²) in [6.45, 7) is 4.30. The Morgan fingerprint density at radius 3 is 2.60 bits per heavy atom. The summed E-state index contributed by atoms with van der Waals surface area (Å²) in [4.78, 5) is 2.49. The minimum absolute atomic E-state index is 0. The van der Waals surface area contributed by atoms with Gasteiger partial charge in [-0.25, -0.2) is 0 Å². The molecule has 0 saturated carbocycles. The van der Waals surface area contributed by atoms with Crippen molar-refractivity contribution in [2.24, 2.45) is 11.7 Å². The normalized spacial score (nSPS) is 21.3. The number of halogens is 1. The Hall–Kier alpha value is -0.570. The second kappa shape index (κ2) is 6.11. The van der Waals surface area contributed by atoms with Gasteiger partial charge in [-0.3, -0.25) is 4.90 Å². The largest absolute Gasteiger partial charge is 0.330 e. The van der Waals surface area contributed by atoms with Gasteiger partial charge in [0, 0.05) is 13.1 Å². The van der Waals surface area contributed by atoms with Crippen LogP contribution >= 0.6 is 12.4 Å². The summed E-state index contributed by atoms with van der Waals surface area (Å²) in [6.07, 6.45) is 1.27. The zero-order valence-corrected chi connectivity index (χ0v) is 9.75. The molecule has 1 heterocycles. The van der Waals surface area contributed by atoms with E-state index >= 15 is 0 Å². The molecule has 2 rings (SSSR count). The van der Waals surface area contributed by atoms with Gasteiger partial charge in [0.1, 0.15) is 0 Å². The lowest BCUT2D eigenvalue weighted by Crippen LogP contribution is -2.22. The van der Waals surface area contributed by atoms with Crippen molar-refractivity contribution >= 4 is 12.4 Å². The zero-order valence-electron chi connectivity index (χ0n) is 8.93. The predicted molar refractivity (Wildman–Crippen MR) is 66.1 cm³/mol. The van der Waals surface area contributed by atoms with Crippen molar-refractivity contribution in [2.75, 3.05) is 19.6 Å². The summed E-state index contributed by atoms with van der Waals surface area (Å²) < 4.78 is 0. The molecule has 1 fully saturated rings. The second-order valence-corrected chi connectivity index (χ2v) is 4.11. The molecule has 0 aromatic heterocycles. The fourth-order valence-corrected chi connectivity index (χ4v) is 2.09. The number of likely N-dealkylation sites (tertiary alicyclic amines) is 1. The zero-order chi connectivity index (χ0) is 9.80. The molecule has 0 radical (unpaired) electrons. The Bertz CT molecular complexity index is 276. The predicted octanol–water partition coefficient (Wildman–Crippen LogP) is 1.89. The first-order valence-electron chi connectivity index (χ1n) is 5.35. The molecule has 0 aliphatic carbocycles. The topological polar surface area (TPSA) is 29.3 Å². The van der Waals surface area contributed by atoms with Crippen molar-refractivity contribution in [1.29, 1.82) is 0 Å². The van der Waals surface area contributed by atoms with Crippen LogP contribution in [-0.2, 0) is 6.54 Å². The van der Waals surface area contributed by atoms with E-state index in [4.69, 9.17) is 5.73 Å². The first-order chi connectivity index (χ1) is 6.88. The number of benzene rings is 1. The fourth-order valence-electron chi connectivity index (χ4n) is 2.09. The standard InChI is InChI=1S/C12H18N2.ClH/c13-8-12-6-7-14(10-12)9-11-4-2-1-3-5-11;/h1-5,12H,6-10,13H2;1H. The molecule has 0 bridgehead atoms. The van der Waals surface area contributed by atoms with Crippen molar-refractivity contribution < 1.29 is 0 Å². The molecule has 1 saturated heterocycles. The van der Waals surface area contributed by atoms with Crippen LogP contribution in [-0.4, -0.2) is 24.5 Å². The highest BCUT2D eigenvalue weighted by Gasteiger charge is 2.20. The Morgan fingerprint density at radius 2 is 2.00 bits per heavy atom. The van der Waals surface area contributed by atoms with Crippen molar-refractivity contribution in [3.63, 3.8) is 0 Å². The third-order valence-corrected chi connectivity index (χ3v) is 2.95. The average molecular weight is 227 g/mol. The molecule has 1 atom stereocenters. The highest BCUT2D eigenvalue weighted by molar-refractivity contribution is 5.85. The van der Waals surface area contributed by atoms with Gasteiger partial charge in [-0.15, -0.1) is 12.4 Å². The molecule has 1 aliphatic rings. The van der Waals surface area contributed by atoms with Gasteiger partial charge in [0.15, 0.2) is 0 Å². The van der Waals surface area contributed by atoms with E-state index in [-0.39, 0.29) is 12.4 Å². The highest BCUT2D eigenvalue weighted by Crippen LogP contribution is 2.17. The molecule has 1 aromatic rings.